The Balaban J connectivity index is 3.92. The van der Waals surface area contributed by atoms with Gasteiger partial charge in [0.1, 0.15) is 0 Å². The lowest BCUT2D eigenvalue weighted by Crippen LogP contribution is -2.47. The summed E-state index contributed by atoms with van der Waals surface area (Å²) in [6, 6.07) is 0. The van der Waals surface area contributed by atoms with Gasteiger partial charge >= 0.3 is 0 Å². The molecule has 0 fully saturated rings. The van der Waals surface area contributed by atoms with E-state index in [-0.39, 0.29) is 17.4 Å². The Bertz CT molecular complexity index is 335. The van der Waals surface area contributed by atoms with Crippen molar-refractivity contribution in [3.05, 3.63) is 25.3 Å². The summed E-state index contributed by atoms with van der Waals surface area (Å²) in [5, 5.41) is 5.68. The van der Waals surface area contributed by atoms with Crippen molar-refractivity contribution < 1.29 is 9.59 Å². The SMILES string of the molecule is C=CC(=O)NCCCCC(C)C(C)(C)NC(=O)C=C. The van der Waals surface area contributed by atoms with Crippen molar-refractivity contribution >= 4 is 11.8 Å². The van der Waals surface area contributed by atoms with Gasteiger partial charge in [-0.05, 0) is 44.8 Å². The molecular formula is C15H26N2O2. The fourth-order valence-electron chi connectivity index (χ4n) is 1.71. The number of amides is 2. The van der Waals surface area contributed by atoms with E-state index in [0.29, 0.717) is 12.5 Å². The van der Waals surface area contributed by atoms with Crippen LogP contribution < -0.4 is 10.6 Å². The Morgan fingerprint density at radius 1 is 1.16 bits per heavy atom. The molecule has 2 amide bonds. The summed E-state index contributed by atoms with van der Waals surface area (Å²) in [4.78, 5) is 22.3. The summed E-state index contributed by atoms with van der Waals surface area (Å²) in [5.41, 5.74) is -0.254. The molecule has 4 heteroatoms. The second kappa shape index (κ2) is 8.51. The summed E-state index contributed by atoms with van der Waals surface area (Å²) < 4.78 is 0. The lowest BCUT2D eigenvalue weighted by Gasteiger charge is -2.32. The van der Waals surface area contributed by atoms with E-state index in [1.807, 2.05) is 13.8 Å². The van der Waals surface area contributed by atoms with Crippen LogP contribution in [0.5, 0.6) is 0 Å². The zero-order valence-electron chi connectivity index (χ0n) is 12.3. The van der Waals surface area contributed by atoms with E-state index in [1.165, 1.54) is 12.2 Å². The van der Waals surface area contributed by atoms with Crippen molar-refractivity contribution in [1.82, 2.24) is 10.6 Å². The summed E-state index contributed by atoms with van der Waals surface area (Å²) in [6.07, 6.45) is 5.49. The van der Waals surface area contributed by atoms with Crippen molar-refractivity contribution in [2.75, 3.05) is 6.54 Å². The van der Waals surface area contributed by atoms with E-state index in [9.17, 15) is 9.59 Å². The number of hydrogen-bond donors (Lipinski definition) is 2. The fraction of sp³-hybridized carbons (Fsp3) is 0.600. The van der Waals surface area contributed by atoms with Crippen LogP contribution in [-0.4, -0.2) is 23.9 Å². The molecule has 0 aliphatic carbocycles. The van der Waals surface area contributed by atoms with Gasteiger partial charge in [0.05, 0.1) is 0 Å². The van der Waals surface area contributed by atoms with Crippen LogP contribution in [0.1, 0.15) is 40.0 Å². The molecule has 0 radical (unpaired) electrons. The molecule has 0 saturated carbocycles. The average molecular weight is 266 g/mol. The molecule has 108 valence electrons. The first-order valence-electron chi connectivity index (χ1n) is 6.68. The molecule has 19 heavy (non-hydrogen) atoms. The average Bonchev–Trinajstić information content (AvgIpc) is 2.36. The van der Waals surface area contributed by atoms with Crippen LogP contribution in [0, 0.1) is 5.92 Å². The van der Waals surface area contributed by atoms with Crippen LogP contribution in [0.2, 0.25) is 0 Å². The first kappa shape index (κ1) is 17.4. The van der Waals surface area contributed by atoms with E-state index in [2.05, 4.69) is 30.7 Å². The third-order valence-electron chi connectivity index (χ3n) is 3.41. The molecule has 0 aliphatic rings. The van der Waals surface area contributed by atoms with Crippen molar-refractivity contribution in [1.29, 1.82) is 0 Å². The van der Waals surface area contributed by atoms with Crippen LogP contribution >= 0.6 is 0 Å². The van der Waals surface area contributed by atoms with Gasteiger partial charge in [0, 0.05) is 12.1 Å². The monoisotopic (exact) mass is 266 g/mol. The first-order chi connectivity index (χ1) is 8.83. The Morgan fingerprint density at radius 2 is 1.74 bits per heavy atom. The number of carbonyl (C=O) groups is 2. The van der Waals surface area contributed by atoms with Gasteiger partial charge in [-0.25, -0.2) is 0 Å². The number of unbranched alkanes of at least 4 members (excludes halogenated alkanes) is 1. The van der Waals surface area contributed by atoms with Gasteiger partial charge in [0.25, 0.3) is 0 Å². The molecule has 1 unspecified atom stereocenters. The van der Waals surface area contributed by atoms with Gasteiger partial charge in [-0.1, -0.05) is 26.5 Å². The Kier molecular flexibility index (Phi) is 7.80. The highest BCUT2D eigenvalue weighted by atomic mass is 16.2. The molecule has 0 saturated heterocycles. The van der Waals surface area contributed by atoms with E-state index in [4.69, 9.17) is 0 Å². The van der Waals surface area contributed by atoms with Gasteiger partial charge in [0.15, 0.2) is 0 Å². The summed E-state index contributed by atoms with van der Waals surface area (Å²) >= 11 is 0. The second-order valence-corrected chi connectivity index (χ2v) is 5.31. The molecule has 2 N–H and O–H groups in total. The predicted octanol–water partition coefficient (Wildman–Crippen LogP) is 2.18. The molecule has 0 aromatic carbocycles. The maximum atomic E-state index is 11.3. The molecule has 0 bridgehead atoms. The molecule has 0 aromatic heterocycles. The minimum absolute atomic E-state index is 0.133. The lowest BCUT2D eigenvalue weighted by molar-refractivity contribution is -0.118. The summed E-state index contributed by atoms with van der Waals surface area (Å²) in [7, 11) is 0. The molecule has 1 atom stereocenters. The Hall–Kier alpha value is -1.58. The Morgan fingerprint density at radius 3 is 2.26 bits per heavy atom. The highest BCUT2D eigenvalue weighted by molar-refractivity contribution is 5.87. The van der Waals surface area contributed by atoms with Gasteiger partial charge in [-0.3, -0.25) is 9.59 Å². The van der Waals surface area contributed by atoms with E-state index in [1.54, 1.807) is 0 Å². The van der Waals surface area contributed by atoms with Crippen LogP contribution in [0.4, 0.5) is 0 Å². The fourth-order valence-corrected chi connectivity index (χ4v) is 1.71. The molecule has 0 spiro atoms. The summed E-state index contributed by atoms with van der Waals surface area (Å²) in [5.74, 6) is 0.0771. The maximum absolute atomic E-state index is 11.3. The third-order valence-corrected chi connectivity index (χ3v) is 3.41. The highest BCUT2D eigenvalue weighted by Crippen LogP contribution is 2.21. The molecule has 4 nitrogen and oxygen atoms in total. The third kappa shape index (κ3) is 7.44. The van der Waals surface area contributed by atoms with Crippen LogP contribution in [0.3, 0.4) is 0 Å². The molecular weight excluding hydrogens is 240 g/mol. The minimum Gasteiger partial charge on any atom is -0.353 e. The molecule has 0 heterocycles. The Labute approximate surface area is 116 Å². The molecule has 0 aliphatic heterocycles. The minimum atomic E-state index is -0.254. The first-order valence-corrected chi connectivity index (χ1v) is 6.68. The van der Waals surface area contributed by atoms with Crippen LogP contribution in [0.25, 0.3) is 0 Å². The second-order valence-electron chi connectivity index (χ2n) is 5.31. The summed E-state index contributed by atoms with van der Waals surface area (Å²) in [6.45, 7) is 13.7. The van der Waals surface area contributed by atoms with Crippen molar-refractivity contribution in [3.63, 3.8) is 0 Å². The topological polar surface area (TPSA) is 58.2 Å². The highest BCUT2D eigenvalue weighted by Gasteiger charge is 2.26. The van der Waals surface area contributed by atoms with E-state index in [0.717, 1.165) is 19.3 Å². The quantitative estimate of drug-likeness (QED) is 0.496. The van der Waals surface area contributed by atoms with Gasteiger partial charge in [-0.15, -0.1) is 0 Å². The van der Waals surface area contributed by atoms with Crippen molar-refractivity contribution in [3.8, 4) is 0 Å². The van der Waals surface area contributed by atoms with E-state index < -0.39 is 0 Å². The standard InChI is InChI=1S/C15H26N2O2/c1-6-13(18)16-11-9-8-10-12(3)15(4,5)17-14(19)7-2/h6-7,12H,1-2,8-11H2,3-5H3,(H,16,18)(H,17,19). The maximum Gasteiger partial charge on any atom is 0.243 e. The smallest absolute Gasteiger partial charge is 0.243 e. The lowest BCUT2D eigenvalue weighted by atomic mass is 9.85. The largest absolute Gasteiger partial charge is 0.353 e. The predicted molar refractivity (Wildman–Crippen MR) is 78.6 cm³/mol. The number of rotatable bonds is 9. The van der Waals surface area contributed by atoms with Gasteiger partial charge < -0.3 is 10.6 Å². The van der Waals surface area contributed by atoms with Crippen molar-refractivity contribution in [2.24, 2.45) is 5.92 Å². The normalized spacial score (nSPS) is 12.4. The molecule has 0 aromatic rings. The van der Waals surface area contributed by atoms with Crippen LogP contribution in [-0.2, 0) is 9.59 Å². The van der Waals surface area contributed by atoms with Gasteiger partial charge in [0.2, 0.25) is 11.8 Å². The number of hydrogen-bond acceptors (Lipinski definition) is 2. The number of nitrogens with one attached hydrogen (secondary N) is 2. The van der Waals surface area contributed by atoms with Crippen LogP contribution in [0.15, 0.2) is 25.3 Å². The van der Waals surface area contributed by atoms with E-state index >= 15 is 0 Å². The zero-order valence-corrected chi connectivity index (χ0v) is 12.3. The van der Waals surface area contributed by atoms with Gasteiger partial charge in [-0.2, -0.15) is 0 Å². The number of carbonyl (C=O) groups excluding carboxylic acids is 2. The zero-order chi connectivity index (χ0) is 14.9. The molecule has 0 rings (SSSR count). The van der Waals surface area contributed by atoms with Crippen molar-refractivity contribution in [2.45, 2.75) is 45.6 Å².